The van der Waals surface area contributed by atoms with Gasteiger partial charge >= 0.3 is 6.03 Å². The highest BCUT2D eigenvalue weighted by Gasteiger charge is 2.29. The van der Waals surface area contributed by atoms with Gasteiger partial charge in [-0.15, -0.1) is 0 Å². The zero-order valence-corrected chi connectivity index (χ0v) is 14.2. The third kappa shape index (κ3) is 3.75. The normalized spacial score (nSPS) is 16.8. The average Bonchev–Trinajstić information content (AvgIpc) is 2.47. The van der Waals surface area contributed by atoms with Crippen LogP contribution in [0.25, 0.3) is 0 Å². The van der Waals surface area contributed by atoms with Gasteiger partial charge in [0.15, 0.2) is 0 Å². The van der Waals surface area contributed by atoms with Crippen molar-refractivity contribution in [1.29, 1.82) is 0 Å². The monoisotopic (exact) mass is 375 g/mol. The van der Waals surface area contributed by atoms with Crippen molar-refractivity contribution in [3.8, 4) is 0 Å². The number of nitrogens with one attached hydrogen (secondary N) is 1. The largest absolute Gasteiger partial charge is 0.338 e. The molecule has 1 fully saturated rings. The minimum Gasteiger partial charge on any atom is -0.338 e. The number of carbonyl (C=O) groups excluding carboxylic acids is 1. The van der Waals surface area contributed by atoms with Gasteiger partial charge in [0.2, 0.25) is 10.0 Å². The number of amides is 2. The maximum Gasteiger partial charge on any atom is 0.317 e. The number of sulfonamides is 1. The van der Waals surface area contributed by atoms with Crippen molar-refractivity contribution in [3.05, 3.63) is 28.7 Å². The molecule has 8 heteroatoms. The first-order valence-electron chi connectivity index (χ1n) is 6.73. The Morgan fingerprint density at radius 2 is 1.95 bits per heavy atom. The van der Waals surface area contributed by atoms with Crippen LogP contribution < -0.4 is 5.32 Å². The lowest BCUT2D eigenvalue weighted by molar-refractivity contribution is 0.173. The molecule has 1 aliphatic heterocycles. The number of benzene rings is 1. The lowest BCUT2D eigenvalue weighted by Gasteiger charge is -2.33. The molecule has 21 heavy (non-hydrogen) atoms. The highest BCUT2D eigenvalue weighted by molar-refractivity contribution is 9.10. The Hall–Kier alpha value is -1.12. The third-order valence-corrected chi connectivity index (χ3v) is 5.68. The van der Waals surface area contributed by atoms with E-state index in [1.807, 2.05) is 6.92 Å². The molecule has 1 aromatic rings. The number of rotatable bonds is 3. The molecule has 0 bridgehead atoms. The number of urea groups is 1. The van der Waals surface area contributed by atoms with Crippen molar-refractivity contribution in [3.63, 3.8) is 0 Å². The Labute approximate surface area is 133 Å². The van der Waals surface area contributed by atoms with Crippen LogP contribution in [0, 0.1) is 0 Å². The molecule has 0 atom stereocenters. The van der Waals surface area contributed by atoms with E-state index in [4.69, 9.17) is 0 Å². The maximum atomic E-state index is 12.5. The molecular formula is C13H18BrN3O3S. The van der Waals surface area contributed by atoms with Gasteiger partial charge in [-0.05, 0) is 25.1 Å². The first-order chi connectivity index (χ1) is 9.95. The SMILES string of the molecule is CCNC(=O)N1CCN(S(=O)(=O)c2cccc(Br)c2)CC1. The summed E-state index contributed by atoms with van der Waals surface area (Å²) in [6.07, 6.45) is 0. The van der Waals surface area contributed by atoms with Crippen molar-refractivity contribution in [2.75, 3.05) is 32.7 Å². The van der Waals surface area contributed by atoms with E-state index >= 15 is 0 Å². The molecule has 1 aliphatic rings. The van der Waals surface area contributed by atoms with Crippen LogP contribution in [-0.4, -0.2) is 56.4 Å². The summed E-state index contributed by atoms with van der Waals surface area (Å²) in [4.78, 5) is 13.6. The fourth-order valence-electron chi connectivity index (χ4n) is 2.17. The number of carbonyl (C=O) groups is 1. The van der Waals surface area contributed by atoms with Crippen molar-refractivity contribution < 1.29 is 13.2 Å². The molecule has 116 valence electrons. The van der Waals surface area contributed by atoms with Crippen LogP contribution in [-0.2, 0) is 10.0 Å². The highest BCUT2D eigenvalue weighted by atomic mass is 79.9. The minimum atomic E-state index is -3.50. The first kappa shape index (κ1) is 16.3. The van der Waals surface area contributed by atoms with Crippen molar-refractivity contribution in [1.82, 2.24) is 14.5 Å². The predicted molar refractivity (Wildman–Crippen MR) is 83.5 cm³/mol. The summed E-state index contributed by atoms with van der Waals surface area (Å²) in [5.41, 5.74) is 0. The second-order valence-corrected chi connectivity index (χ2v) is 7.54. The number of piperazine rings is 1. The van der Waals surface area contributed by atoms with E-state index in [9.17, 15) is 13.2 Å². The molecule has 2 amide bonds. The standard InChI is InChI=1S/C13H18BrN3O3S/c1-2-15-13(18)16-6-8-17(9-7-16)21(19,20)12-5-3-4-11(14)10-12/h3-5,10H,2,6-9H2,1H3,(H,15,18). The molecule has 0 aromatic heterocycles. The molecule has 0 radical (unpaired) electrons. The number of hydrogen-bond acceptors (Lipinski definition) is 3. The van der Waals surface area contributed by atoms with Crippen LogP contribution in [0.3, 0.4) is 0 Å². The zero-order chi connectivity index (χ0) is 15.5. The molecular weight excluding hydrogens is 358 g/mol. The summed E-state index contributed by atoms with van der Waals surface area (Å²) >= 11 is 3.28. The highest BCUT2D eigenvalue weighted by Crippen LogP contribution is 2.21. The summed E-state index contributed by atoms with van der Waals surface area (Å²) in [5.74, 6) is 0. The van der Waals surface area contributed by atoms with Gasteiger partial charge in [-0.2, -0.15) is 4.31 Å². The summed E-state index contributed by atoms with van der Waals surface area (Å²) < 4.78 is 27.2. The van der Waals surface area contributed by atoms with Gasteiger partial charge in [0.05, 0.1) is 4.90 Å². The van der Waals surface area contributed by atoms with Gasteiger partial charge in [-0.25, -0.2) is 13.2 Å². The Kier molecular flexibility index (Phi) is 5.23. The Morgan fingerprint density at radius 3 is 2.52 bits per heavy atom. The van der Waals surface area contributed by atoms with Crippen molar-refractivity contribution >= 4 is 32.0 Å². The van der Waals surface area contributed by atoms with Crippen LogP contribution >= 0.6 is 15.9 Å². The summed E-state index contributed by atoms with van der Waals surface area (Å²) in [7, 11) is -3.50. The van der Waals surface area contributed by atoms with E-state index in [2.05, 4.69) is 21.2 Å². The van der Waals surface area contributed by atoms with E-state index in [0.717, 1.165) is 4.47 Å². The van der Waals surface area contributed by atoms with Gasteiger partial charge in [0, 0.05) is 37.2 Å². The molecule has 1 N–H and O–H groups in total. The van der Waals surface area contributed by atoms with Crippen LogP contribution in [0.4, 0.5) is 4.79 Å². The number of nitrogens with zero attached hydrogens (tertiary/aromatic N) is 2. The lowest BCUT2D eigenvalue weighted by Crippen LogP contribution is -2.53. The van der Waals surface area contributed by atoms with Gasteiger partial charge in [0.1, 0.15) is 0 Å². The quantitative estimate of drug-likeness (QED) is 0.869. The Morgan fingerprint density at radius 1 is 1.29 bits per heavy atom. The van der Waals surface area contributed by atoms with Crippen molar-refractivity contribution in [2.45, 2.75) is 11.8 Å². The van der Waals surface area contributed by atoms with Gasteiger partial charge in [-0.1, -0.05) is 22.0 Å². The van der Waals surface area contributed by atoms with E-state index in [0.29, 0.717) is 32.7 Å². The number of halogens is 1. The second kappa shape index (κ2) is 6.76. The Bertz CT molecular complexity index is 613. The molecule has 1 saturated heterocycles. The minimum absolute atomic E-state index is 0.142. The van der Waals surface area contributed by atoms with Crippen LogP contribution in [0.2, 0.25) is 0 Å². The summed E-state index contributed by atoms with van der Waals surface area (Å²) in [6, 6.07) is 6.51. The van der Waals surface area contributed by atoms with Crippen molar-refractivity contribution in [2.24, 2.45) is 0 Å². The summed E-state index contributed by atoms with van der Waals surface area (Å²) in [5, 5.41) is 2.72. The summed E-state index contributed by atoms with van der Waals surface area (Å²) in [6.45, 7) is 3.84. The zero-order valence-electron chi connectivity index (χ0n) is 11.8. The van der Waals surface area contributed by atoms with E-state index in [1.165, 1.54) is 4.31 Å². The predicted octanol–water partition coefficient (Wildman–Crippen LogP) is 1.48. The molecule has 0 saturated carbocycles. The van der Waals surface area contributed by atoms with E-state index < -0.39 is 10.0 Å². The molecule has 0 spiro atoms. The molecule has 6 nitrogen and oxygen atoms in total. The number of hydrogen-bond donors (Lipinski definition) is 1. The molecule has 0 aliphatic carbocycles. The topological polar surface area (TPSA) is 69.7 Å². The van der Waals surface area contributed by atoms with Gasteiger partial charge in [-0.3, -0.25) is 0 Å². The van der Waals surface area contributed by atoms with Gasteiger partial charge < -0.3 is 10.2 Å². The fraction of sp³-hybridized carbons (Fsp3) is 0.462. The molecule has 1 heterocycles. The molecule has 1 aromatic carbocycles. The van der Waals surface area contributed by atoms with Crippen LogP contribution in [0.1, 0.15) is 6.92 Å². The molecule has 2 rings (SSSR count). The van der Waals surface area contributed by atoms with Crippen LogP contribution in [0.5, 0.6) is 0 Å². The van der Waals surface area contributed by atoms with E-state index in [1.54, 1.807) is 29.2 Å². The second-order valence-electron chi connectivity index (χ2n) is 4.68. The van der Waals surface area contributed by atoms with E-state index in [-0.39, 0.29) is 10.9 Å². The maximum absolute atomic E-state index is 12.5. The average molecular weight is 376 g/mol. The van der Waals surface area contributed by atoms with Gasteiger partial charge in [0.25, 0.3) is 0 Å². The fourth-order valence-corrected chi connectivity index (χ4v) is 4.19. The third-order valence-electron chi connectivity index (χ3n) is 3.29. The van der Waals surface area contributed by atoms with Crippen LogP contribution in [0.15, 0.2) is 33.6 Å². The lowest BCUT2D eigenvalue weighted by atomic mass is 10.4. The first-order valence-corrected chi connectivity index (χ1v) is 8.97. The Balaban J connectivity index is 2.06. The molecule has 0 unspecified atom stereocenters. The smallest absolute Gasteiger partial charge is 0.317 e.